The van der Waals surface area contributed by atoms with E-state index in [1.807, 2.05) is 0 Å². The van der Waals surface area contributed by atoms with Crippen LogP contribution in [0, 0.1) is 0 Å². The molecule has 5 heteroatoms. The molecule has 0 aromatic rings. The lowest BCUT2D eigenvalue weighted by atomic mass is 10.2. The zero-order valence-electron chi connectivity index (χ0n) is 10.7. The van der Waals surface area contributed by atoms with Crippen LogP contribution < -0.4 is 0 Å². The van der Waals surface area contributed by atoms with Gasteiger partial charge in [0, 0.05) is 12.0 Å². The minimum absolute atomic E-state index is 0.214. The molecule has 0 aromatic heterocycles. The SMILES string of the molecule is C=C(CC1CO1)C(=O)OC.C=CCOCC1CO1. The maximum Gasteiger partial charge on any atom is 0.333 e. The Balaban J connectivity index is 0.000000184. The fourth-order valence-electron chi connectivity index (χ4n) is 1.14. The van der Waals surface area contributed by atoms with Crippen molar-refractivity contribution in [2.75, 3.05) is 33.5 Å². The number of epoxide rings is 2. The first-order chi connectivity index (χ1) is 8.67. The third kappa shape index (κ3) is 7.21. The molecule has 2 unspecified atom stereocenters. The van der Waals surface area contributed by atoms with Crippen LogP contribution >= 0.6 is 0 Å². The molecule has 0 aromatic carbocycles. The molecule has 2 fully saturated rings. The first-order valence-electron chi connectivity index (χ1n) is 5.85. The second kappa shape index (κ2) is 8.02. The van der Waals surface area contributed by atoms with Crippen LogP contribution in [0.5, 0.6) is 0 Å². The Morgan fingerprint density at radius 1 is 1.39 bits per heavy atom. The Labute approximate surface area is 107 Å². The summed E-state index contributed by atoms with van der Waals surface area (Å²) in [5.41, 5.74) is 0.491. The molecule has 0 spiro atoms. The van der Waals surface area contributed by atoms with E-state index in [9.17, 15) is 4.79 Å². The van der Waals surface area contributed by atoms with Gasteiger partial charge in [-0.3, -0.25) is 0 Å². The summed E-state index contributed by atoms with van der Waals surface area (Å²) in [6.45, 7) is 10.0. The van der Waals surface area contributed by atoms with Gasteiger partial charge in [0.05, 0.1) is 39.6 Å². The van der Waals surface area contributed by atoms with E-state index in [0.29, 0.717) is 24.7 Å². The van der Waals surface area contributed by atoms with Crippen molar-refractivity contribution in [3.8, 4) is 0 Å². The van der Waals surface area contributed by atoms with Crippen molar-refractivity contribution in [3.63, 3.8) is 0 Å². The van der Waals surface area contributed by atoms with Gasteiger partial charge in [0.1, 0.15) is 6.10 Å². The van der Waals surface area contributed by atoms with E-state index in [0.717, 1.165) is 19.8 Å². The van der Waals surface area contributed by atoms with Crippen molar-refractivity contribution >= 4 is 5.97 Å². The topological polar surface area (TPSA) is 60.6 Å². The van der Waals surface area contributed by atoms with Crippen molar-refractivity contribution in [3.05, 3.63) is 24.8 Å². The predicted octanol–water partition coefficient (Wildman–Crippen LogP) is 1.09. The average molecular weight is 256 g/mol. The molecule has 0 aliphatic carbocycles. The monoisotopic (exact) mass is 256 g/mol. The number of hydrogen-bond acceptors (Lipinski definition) is 5. The molecule has 2 aliphatic rings. The van der Waals surface area contributed by atoms with Crippen LogP contribution in [0.4, 0.5) is 0 Å². The lowest BCUT2D eigenvalue weighted by Gasteiger charge is -1.98. The number of rotatable bonds is 7. The van der Waals surface area contributed by atoms with E-state index in [-0.39, 0.29) is 12.1 Å². The highest BCUT2D eigenvalue weighted by atomic mass is 16.6. The van der Waals surface area contributed by atoms with Crippen molar-refractivity contribution in [1.29, 1.82) is 0 Å². The highest BCUT2D eigenvalue weighted by Crippen LogP contribution is 2.18. The number of hydrogen-bond donors (Lipinski definition) is 0. The second-order valence-corrected chi connectivity index (χ2v) is 4.04. The maximum atomic E-state index is 10.7. The van der Waals surface area contributed by atoms with E-state index in [1.165, 1.54) is 7.11 Å². The Morgan fingerprint density at radius 3 is 2.44 bits per heavy atom. The zero-order valence-corrected chi connectivity index (χ0v) is 10.7. The smallest absolute Gasteiger partial charge is 0.333 e. The van der Waals surface area contributed by atoms with Crippen LogP contribution in [0.1, 0.15) is 6.42 Å². The molecule has 0 N–H and O–H groups in total. The van der Waals surface area contributed by atoms with Crippen molar-refractivity contribution < 1.29 is 23.7 Å². The van der Waals surface area contributed by atoms with Gasteiger partial charge in [0.15, 0.2) is 0 Å². The largest absolute Gasteiger partial charge is 0.466 e. The van der Waals surface area contributed by atoms with E-state index in [1.54, 1.807) is 6.08 Å². The summed E-state index contributed by atoms with van der Waals surface area (Å²) in [4.78, 5) is 10.7. The minimum Gasteiger partial charge on any atom is -0.466 e. The molecule has 2 heterocycles. The lowest BCUT2D eigenvalue weighted by Crippen LogP contribution is -2.05. The average Bonchev–Trinajstić information content (AvgIpc) is 3.23. The Morgan fingerprint density at radius 2 is 2.00 bits per heavy atom. The molecule has 2 saturated heterocycles. The summed E-state index contributed by atoms with van der Waals surface area (Å²) in [6.07, 6.45) is 2.94. The quantitative estimate of drug-likeness (QED) is 0.224. The first kappa shape index (κ1) is 14.9. The number of esters is 1. The van der Waals surface area contributed by atoms with Crippen LogP contribution in [0.15, 0.2) is 24.8 Å². The molecule has 18 heavy (non-hydrogen) atoms. The molecule has 0 amide bonds. The van der Waals surface area contributed by atoms with Gasteiger partial charge in [-0.25, -0.2) is 4.79 Å². The fourth-order valence-corrected chi connectivity index (χ4v) is 1.14. The maximum absolute atomic E-state index is 10.7. The fraction of sp³-hybridized carbons (Fsp3) is 0.615. The van der Waals surface area contributed by atoms with Crippen molar-refractivity contribution in [2.24, 2.45) is 0 Å². The van der Waals surface area contributed by atoms with E-state index < -0.39 is 0 Å². The van der Waals surface area contributed by atoms with E-state index in [4.69, 9.17) is 14.2 Å². The molecule has 2 atom stereocenters. The summed E-state index contributed by atoms with van der Waals surface area (Å²) < 4.78 is 19.3. The second-order valence-electron chi connectivity index (χ2n) is 4.04. The minimum atomic E-state index is -0.337. The number of carbonyl (C=O) groups excluding carboxylic acids is 1. The standard InChI is InChI=1S/C7H10O3.C6H10O2/c1-5(7(8)9-2)3-6-4-10-6;1-2-3-7-4-6-5-8-6/h6H,1,3-4H2,2H3;2,6H,1,3-5H2. The predicted molar refractivity (Wildman–Crippen MR) is 66.3 cm³/mol. The molecule has 5 nitrogen and oxygen atoms in total. The van der Waals surface area contributed by atoms with Gasteiger partial charge in [-0.1, -0.05) is 12.7 Å². The Hall–Kier alpha value is -1.17. The summed E-state index contributed by atoms with van der Waals surface area (Å²) in [6, 6.07) is 0. The van der Waals surface area contributed by atoms with Crippen LogP contribution in [-0.2, 0) is 23.7 Å². The highest BCUT2D eigenvalue weighted by Gasteiger charge is 2.25. The van der Waals surface area contributed by atoms with Crippen molar-refractivity contribution in [2.45, 2.75) is 18.6 Å². The van der Waals surface area contributed by atoms with Crippen molar-refractivity contribution in [1.82, 2.24) is 0 Å². The summed E-state index contributed by atoms with van der Waals surface area (Å²) in [5, 5.41) is 0. The van der Waals surface area contributed by atoms with Crippen LogP contribution in [0.25, 0.3) is 0 Å². The first-order valence-corrected chi connectivity index (χ1v) is 5.85. The van der Waals surface area contributed by atoms with Gasteiger partial charge in [0.25, 0.3) is 0 Å². The molecule has 102 valence electrons. The molecule has 0 bridgehead atoms. The van der Waals surface area contributed by atoms with E-state index >= 15 is 0 Å². The summed E-state index contributed by atoms with van der Waals surface area (Å²) in [5.74, 6) is -0.337. The van der Waals surface area contributed by atoms with Crippen LogP contribution in [-0.4, -0.2) is 51.7 Å². The molecule has 0 radical (unpaired) electrons. The van der Waals surface area contributed by atoms with Gasteiger partial charge < -0.3 is 18.9 Å². The normalized spacial score (nSPS) is 23.4. The number of carbonyl (C=O) groups is 1. The van der Waals surface area contributed by atoms with Gasteiger partial charge in [0.2, 0.25) is 0 Å². The third-order valence-electron chi connectivity index (χ3n) is 2.29. The lowest BCUT2D eigenvalue weighted by molar-refractivity contribution is -0.136. The Bertz CT molecular complexity index is 292. The zero-order chi connectivity index (χ0) is 13.4. The Kier molecular flexibility index (Phi) is 6.64. The number of ether oxygens (including phenoxy) is 4. The highest BCUT2D eigenvalue weighted by molar-refractivity contribution is 5.87. The number of methoxy groups -OCH3 is 1. The molecule has 0 saturated carbocycles. The summed E-state index contributed by atoms with van der Waals surface area (Å²) in [7, 11) is 1.35. The van der Waals surface area contributed by atoms with Gasteiger partial charge >= 0.3 is 5.97 Å². The third-order valence-corrected chi connectivity index (χ3v) is 2.29. The van der Waals surface area contributed by atoms with Gasteiger partial charge in [-0.05, 0) is 0 Å². The van der Waals surface area contributed by atoms with Crippen LogP contribution in [0.2, 0.25) is 0 Å². The van der Waals surface area contributed by atoms with E-state index in [2.05, 4.69) is 17.9 Å². The molecule has 2 aliphatic heterocycles. The van der Waals surface area contributed by atoms with Gasteiger partial charge in [-0.15, -0.1) is 6.58 Å². The van der Waals surface area contributed by atoms with Crippen LogP contribution in [0.3, 0.4) is 0 Å². The molecular weight excluding hydrogens is 236 g/mol. The summed E-state index contributed by atoms with van der Waals surface area (Å²) >= 11 is 0. The molecular formula is C13H20O5. The van der Waals surface area contributed by atoms with Gasteiger partial charge in [-0.2, -0.15) is 0 Å². The molecule has 2 rings (SSSR count).